The van der Waals surface area contributed by atoms with E-state index in [0.717, 1.165) is 5.56 Å². The van der Waals surface area contributed by atoms with Crippen molar-refractivity contribution in [3.05, 3.63) is 59.1 Å². The van der Waals surface area contributed by atoms with Gasteiger partial charge in [-0.05, 0) is 29.8 Å². The van der Waals surface area contributed by atoms with E-state index in [0.29, 0.717) is 16.5 Å². The number of rotatable bonds is 4. The fraction of sp³-hybridized carbons (Fsp3) is 0.125. The lowest BCUT2D eigenvalue weighted by Crippen LogP contribution is -2.34. The third kappa shape index (κ3) is 4.49. The Kier molecular flexibility index (Phi) is 5.38. The number of hydrogen-bond donors (Lipinski definition) is 2. The smallest absolute Gasteiger partial charge is 0.313 e. The van der Waals surface area contributed by atoms with Gasteiger partial charge in [0.25, 0.3) is 0 Å². The number of hydrogen-bond acceptors (Lipinski definition) is 3. The van der Waals surface area contributed by atoms with E-state index in [-0.39, 0.29) is 6.54 Å². The van der Waals surface area contributed by atoms with Crippen LogP contribution in [-0.4, -0.2) is 18.9 Å². The van der Waals surface area contributed by atoms with Crippen LogP contribution in [0.2, 0.25) is 5.02 Å². The molecule has 0 fully saturated rings. The van der Waals surface area contributed by atoms with Crippen molar-refractivity contribution in [2.45, 2.75) is 6.54 Å². The Morgan fingerprint density at radius 3 is 2.50 bits per heavy atom. The van der Waals surface area contributed by atoms with Gasteiger partial charge in [0.1, 0.15) is 5.75 Å². The van der Waals surface area contributed by atoms with Crippen LogP contribution in [0, 0.1) is 0 Å². The van der Waals surface area contributed by atoms with E-state index in [2.05, 4.69) is 10.6 Å². The minimum Gasteiger partial charge on any atom is -0.497 e. The van der Waals surface area contributed by atoms with Crippen molar-refractivity contribution in [2.24, 2.45) is 0 Å². The lowest BCUT2D eigenvalue weighted by molar-refractivity contribution is -0.136. The highest BCUT2D eigenvalue weighted by molar-refractivity contribution is 6.39. The van der Waals surface area contributed by atoms with Crippen LogP contribution in [0.25, 0.3) is 0 Å². The highest BCUT2D eigenvalue weighted by atomic mass is 35.5. The number of halogens is 1. The van der Waals surface area contributed by atoms with Crippen LogP contribution >= 0.6 is 11.6 Å². The molecule has 5 nitrogen and oxygen atoms in total. The molecule has 2 rings (SSSR count). The Balaban J connectivity index is 1.89. The second kappa shape index (κ2) is 7.47. The van der Waals surface area contributed by atoms with Crippen LogP contribution < -0.4 is 15.4 Å². The van der Waals surface area contributed by atoms with Crippen LogP contribution in [0.15, 0.2) is 48.5 Å². The molecule has 0 bridgehead atoms. The zero-order chi connectivity index (χ0) is 15.9. The van der Waals surface area contributed by atoms with Crippen molar-refractivity contribution < 1.29 is 14.3 Å². The van der Waals surface area contributed by atoms with E-state index >= 15 is 0 Å². The van der Waals surface area contributed by atoms with Gasteiger partial charge in [0.15, 0.2) is 0 Å². The van der Waals surface area contributed by atoms with Gasteiger partial charge in [0.2, 0.25) is 0 Å². The number of carbonyl (C=O) groups is 2. The predicted molar refractivity (Wildman–Crippen MR) is 84.9 cm³/mol. The molecule has 0 spiro atoms. The topological polar surface area (TPSA) is 67.4 Å². The number of methoxy groups -OCH3 is 1. The van der Waals surface area contributed by atoms with E-state index in [1.54, 1.807) is 48.5 Å². The summed E-state index contributed by atoms with van der Waals surface area (Å²) in [5.41, 5.74) is 1.35. The van der Waals surface area contributed by atoms with E-state index < -0.39 is 11.8 Å². The molecule has 0 atom stereocenters. The molecule has 2 amide bonds. The Morgan fingerprint density at radius 1 is 1.09 bits per heavy atom. The van der Waals surface area contributed by atoms with E-state index in [4.69, 9.17) is 16.3 Å². The zero-order valence-corrected chi connectivity index (χ0v) is 12.7. The minimum absolute atomic E-state index is 0.252. The normalized spacial score (nSPS) is 9.91. The van der Waals surface area contributed by atoms with Crippen molar-refractivity contribution in [1.29, 1.82) is 0 Å². The predicted octanol–water partition coefficient (Wildman–Crippen LogP) is 2.60. The van der Waals surface area contributed by atoms with Crippen molar-refractivity contribution in [2.75, 3.05) is 12.4 Å². The quantitative estimate of drug-likeness (QED) is 0.852. The lowest BCUT2D eigenvalue weighted by Gasteiger charge is -2.08. The van der Waals surface area contributed by atoms with Gasteiger partial charge >= 0.3 is 11.8 Å². The van der Waals surface area contributed by atoms with Crippen molar-refractivity contribution in [3.8, 4) is 5.75 Å². The van der Waals surface area contributed by atoms with E-state index in [1.807, 2.05) is 0 Å². The summed E-state index contributed by atoms with van der Waals surface area (Å²) < 4.78 is 5.05. The molecule has 0 aliphatic carbocycles. The van der Waals surface area contributed by atoms with Crippen LogP contribution in [-0.2, 0) is 16.1 Å². The highest BCUT2D eigenvalue weighted by Gasteiger charge is 2.13. The molecular weight excluding hydrogens is 304 g/mol. The van der Waals surface area contributed by atoms with Gasteiger partial charge < -0.3 is 15.4 Å². The van der Waals surface area contributed by atoms with E-state index in [9.17, 15) is 9.59 Å². The van der Waals surface area contributed by atoms with Gasteiger partial charge in [-0.25, -0.2) is 0 Å². The maximum Gasteiger partial charge on any atom is 0.313 e. The fourth-order valence-corrected chi connectivity index (χ4v) is 1.88. The summed E-state index contributed by atoms with van der Waals surface area (Å²) >= 11 is 5.78. The summed E-state index contributed by atoms with van der Waals surface area (Å²) in [6.07, 6.45) is 0. The largest absolute Gasteiger partial charge is 0.497 e. The summed E-state index contributed by atoms with van der Waals surface area (Å²) in [6.45, 7) is 0.252. The number of benzene rings is 2. The first-order chi connectivity index (χ1) is 10.6. The van der Waals surface area contributed by atoms with Gasteiger partial charge in [0.05, 0.1) is 7.11 Å². The van der Waals surface area contributed by atoms with Crippen molar-refractivity contribution in [3.63, 3.8) is 0 Å². The number of amides is 2. The van der Waals surface area contributed by atoms with Gasteiger partial charge in [-0.3, -0.25) is 9.59 Å². The molecule has 6 heteroatoms. The maximum absolute atomic E-state index is 11.8. The maximum atomic E-state index is 11.8. The molecular formula is C16H15ClN2O3. The van der Waals surface area contributed by atoms with Crippen molar-refractivity contribution >= 4 is 29.1 Å². The van der Waals surface area contributed by atoms with Crippen molar-refractivity contribution in [1.82, 2.24) is 5.32 Å². The Morgan fingerprint density at radius 2 is 1.82 bits per heavy atom. The highest BCUT2D eigenvalue weighted by Crippen LogP contribution is 2.16. The summed E-state index contributed by atoms with van der Waals surface area (Å²) in [7, 11) is 1.53. The molecule has 2 aromatic carbocycles. The van der Waals surface area contributed by atoms with E-state index in [1.165, 1.54) is 7.11 Å². The molecule has 0 saturated heterocycles. The molecule has 2 aromatic rings. The van der Waals surface area contributed by atoms with Crippen LogP contribution in [0.3, 0.4) is 0 Å². The molecule has 0 aliphatic rings. The number of carbonyl (C=O) groups excluding carboxylic acids is 2. The lowest BCUT2D eigenvalue weighted by atomic mass is 10.2. The summed E-state index contributed by atoms with van der Waals surface area (Å²) in [5.74, 6) is -0.848. The third-order valence-corrected chi connectivity index (χ3v) is 3.15. The monoisotopic (exact) mass is 318 g/mol. The Bertz CT molecular complexity index is 671. The molecule has 0 saturated carbocycles. The second-order valence-corrected chi connectivity index (χ2v) is 4.93. The molecule has 0 radical (unpaired) electrons. The number of ether oxygens (including phenoxy) is 1. The van der Waals surface area contributed by atoms with Gasteiger partial charge in [-0.15, -0.1) is 0 Å². The van der Waals surface area contributed by atoms with Crippen LogP contribution in [0.4, 0.5) is 5.69 Å². The fourth-order valence-electron chi connectivity index (χ4n) is 1.75. The molecule has 0 unspecified atom stereocenters. The minimum atomic E-state index is -0.734. The molecule has 22 heavy (non-hydrogen) atoms. The first-order valence-corrected chi connectivity index (χ1v) is 6.94. The summed E-state index contributed by atoms with van der Waals surface area (Å²) in [6, 6.07) is 13.8. The first kappa shape index (κ1) is 15.9. The first-order valence-electron chi connectivity index (χ1n) is 6.56. The Hall–Kier alpha value is -2.53. The zero-order valence-electron chi connectivity index (χ0n) is 11.9. The standard InChI is InChI=1S/C16H15ClN2O3/c1-22-14-4-2-3-13(9-14)19-16(21)15(20)18-10-11-5-7-12(17)8-6-11/h2-9H,10H2,1H3,(H,18,20)(H,19,21). The average molecular weight is 319 g/mol. The van der Waals surface area contributed by atoms with Crippen LogP contribution in [0.5, 0.6) is 5.75 Å². The van der Waals surface area contributed by atoms with Gasteiger partial charge in [-0.2, -0.15) is 0 Å². The molecule has 2 N–H and O–H groups in total. The Labute approximate surface area is 133 Å². The molecule has 0 heterocycles. The SMILES string of the molecule is COc1cccc(NC(=O)C(=O)NCc2ccc(Cl)cc2)c1. The molecule has 0 aliphatic heterocycles. The molecule has 0 aromatic heterocycles. The molecule has 114 valence electrons. The van der Waals surface area contributed by atoms with Crippen LogP contribution in [0.1, 0.15) is 5.56 Å². The average Bonchev–Trinajstić information content (AvgIpc) is 2.54. The second-order valence-electron chi connectivity index (χ2n) is 4.50. The number of anilines is 1. The van der Waals surface area contributed by atoms with Gasteiger partial charge in [-0.1, -0.05) is 29.8 Å². The third-order valence-electron chi connectivity index (χ3n) is 2.90. The van der Waals surface area contributed by atoms with Gasteiger partial charge in [0, 0.05) is 23.3 Å². The summed E-state index contributed by atoms with van der Waals surface area (Å²) in [5, 5.41) is 5.67. The number of nitrogens with one attached hydrogen (secondary N) is 2. The summed E-state index contributed by atoms with van der Waals surface area (Å²) in [4.78, 5) is 23.6.